The first-order valence-corrected chi connectivity index (χ1v) is 6.85. The molecule has 0 N–H and O–H groups in total. The average molecular weight is 316 g/mol. The summed E-state index contributed by atoms with van der Waals surface area (Å²) in [4.78, 5) is 10.9. The molecule has 1 unspecified atom stereocenters. The molecule has 0 radical (unpaired) electrons. The molecule has 1 aromatic rings. The Morgan fingerprint density at radius 3 is 3.11 bits per heavy atom. The Morgan fingerprint density at radius 2 is 2.39 bits per heavy atom. The minimum atomic E-state index is 0.205. The smallest absolute Gasteiger partial charge is 0.235 e. The number of methoxy groups -OCH3 is 1. The Balaban J connectivity index is 1.87. The third-order valence-electron chi connectivity index (χ3n) is 2.99. The Bertz CT molecular complexity index is 403. The van der Waals surface area contributed by atoms with Gasteiger partial charge in [0, 0.05) is 26.7 Å². The zero-order valence-corrected chi connectivity index (χ0v) is 12.3. The predicted molar refractivity (Wildman–Crippen MR) is 71.8 cm³/mol. The Labute approximate surface area is 116 Å². The lowest BCUT2D eigenvalue weighted by Crippen LogP contribution is -2.28. The first kappa shape index (κ1) is 13.7. The molecule has 1 atom stereocenters. The fourth-order valence-electron chi connectivity index (χ4n) is 2.03. The van der Waals surface area contributed by atoms with Crippen LogP contribution in [0.15, 0.2) is 10.8 Å². The molecule has 2 heterocycles. The zero-order chi connectivity index (χ0) is 13.0. The van der Waals surface area contributed by atoms with E-state index in [2.05, 4.69) is 30.8 Å². The number of nitrogens with zero attached hydrogens (tertiary/aromatic N) is 3. The second-order valence-electron chi connectivity index (χ2n) is 4.41. The van der Waals surface area contributed by atoms with Crippen molar-refractivity contribution in [3.63, 3.8) is 0 Å². The van der Waals surface area contributed by atoms with E-state index in [0.29, 0.717) is 5.88 Å². The lowest BCUT2D eigenvalue weighted by molar-refractivity contribution is 0.146. The molecule has 0 bridgehead atoms. The topological polar surface area (TPSA) is 47.5 Å². The normalized spacial score (nSPS) is 20.3. The molecule has 0 spiro atoms. The van der Waals surface area contributed by atoms with Crippen molar-refractivity contribution in [1.82, 2.24) is 14.9 Å². The van der Waals surface area contributed by atoms with Gasteiger partial charge in [-0.3, -0.25) is 4.90 Å². The van der Waals surface area contributed by atoms with Gasteiger partial charge >= 0.3 is 0 Å². The van der Waals surface area contributed by atoms with Crippen molar-refractivity contribution >= 4 is 15.9 Å². The Morgan fingerprint density at radius 1 is 1.56 bits per heavy atom. The molecular weight excluding hydrogens is 298 g/mol. The van der Waals surface area contributed by atoms with E-state index in [9.17, 15) is 0 Å². The maximum absolute atomic E-state index is 5.89. The highest BCUT2D eigenvalue weighted by Gasteiger charge is 2.24. The van der Waals surface area contributed by atoms with E-state index in [-0.39, 0.29) is 6.10 Å². The molecule has 1 aliphatic rings. The zero-order valence-electron chi connectivity index (χ0n) is 10.7. The summed E-state index contributed by atoms with van der Waals surface area (Å²) in [5, 5.41) is 0. The molecule has 100 valence electrons. The highest BCUT2D eigenvalue weighted by atomic mass is 79.9. The Hall–Kier alpha value is -0.720. The summed E-state index contributed by atoms with van der Waals surface area (Å²) in [6, 6.07) is 0. The summed E-state index contributed by atoms with van der Waals surface area (Å²) in [5.41, 5.74) is 0.819. The van der Waals surface area contributed by atoms with E-state index in [1.807, 2.05) is 6.92 Å². The van der Waals surface area contributed by atoms with Crippen LogP contribution in [0.5, 0.6) is 5.88 Å². The van der Waals surface area contributed by atoms with Crippen LogP contribution in [-0.2, 0) is 4.74 Å². The lowest BCUT2D eigenvalue weighted by atomic mass is 10.3. The van der Waals surface area contributed by atoms with Crippen molar-refractivity contribution in [1.29, 1.82) is 0 Å². The number of hydrogen-bond donors (Lipinski definition) is 0. The quantitative estimate of drug-likeness (QED) is 0.827. The van der Waals surface area contributed by atoms with Crippen molar-refractivity contribution in [3.05, 3.63) is 16.5 Å². The largest absolute Gasteiger partial charge is 0.472 e. The average Bonchev–Trinajstić information content (AvgIpc) is 2.78. The second kappa shape index (κ2) is 6.45. The molecule has 2 rings (SSSR count). The number of likely N-dealkylation sites (tertiary alicyclic amines) is 1. The fourth-order valence-corrected chi connectivity index (χ4v) is 2.40. The summed E-state index contributed by atoms with van der Waals surface area (Å²) in [6.07, 6.45) is 2.90. The molecule has 0 aromatic carbocycles. The van der Waals surface area contributed by atoms with Crippen LogP contribution in [0.1, 0.15) is 12.1 Å². The third kappa shape index (κ3) is 3.63. The number of hydrogen-bond acceptors (Lipinski definition) is 5. The van der Waals surface area contributed by atoms with Crippen LogP contribution in [0.25, 0.3) is 0 Å². The molecular formula is C12H18BrN3O2. The van der Waals surface area contributed by atoms with Gasteiger partial charge in [0.2, 0.25) is 5.88 Å². The minimum Gasteiger partial charge on any atom is -0.472 e. The standard InChI is InChI=1S/C12H18BrN3O2/c1-9-12(14-7-11(13)15-9)18-10-3-4-16(8-10)5-6-17-2/h7,10H,3-6,8H2,1-2H3. The van der Waals surface area contributed by atoms with Crippen molar-refractivity contribution in [2.75, 3.05) is 33.4 Å². The van der Waals surface area contributed by atoms with Gasteiger partial charge < -0.3 is 9.47 Å². The molecule has 0 aliphatic carbocycles. The molecule has 0 amide bonds. The van der Waals surface area contributed by atoms with Crippen LogP contribution in [0, 0.1) is 6.92 Å². The highest BCUT2D eigenvalue weighted by molar-refractivity contribution is 9.10. The predicted octanol–water partition coefficient (Wildman–Crippen LogP) is 1.65. The number of ether oxygens (including phenoxy) is 2. The second-order valence-corrected chi connectivity index (χ2v) is 5.22. The van der Waals surface area contributed by atoms with Crippen molar-refractivity contribution in [2.45, 2.75) is 19.4 Å². The number of aromatic nitrogens is 2. The maximum Gasteiger partial charge on any atom is 0.235 e. The van der Waals surface area contributed by atoms with Crippen LogP contribution in [0.4, 0.5) is 0 Å². The highest BCUT2D eigenvalue weighted by Crippen LogP contribution is 2.20. The third-order valence-corrected chi connectivity index (χ3v) is 3.37. The molecule has 1 fully saturated rings. The minimum absolute atomic E-state index is 0.205. The monoisotopic (exact) mass is 315 g/mol. The first-order valence-electron chi connectivity index (χ1n) is 6.06. The molecule has 6 heteroatoms. The number of halogens is 1. The van der Waals surface area contributed by atoms with E-state index < -0.39 is 0 Å². The SMILES string of the molecule is COCCN1CCC(Oc2ncc(Br)nc2C)C1. The summed E-state index contributed by atoms with van der Waals surface area (Å²) < 4.78 is 11.7. The van der Waals surface area contributed by atoms with Gasteiger partial charge in [-0.05, 0) is 29.3 Å². The van der Waals surface area contributed by atoms with E-state index in [1.165, 1.54) is 0 Å². The van der Waals surface area contributed by atoms with Gasteiger partial charge in [-0.1, -0.05) is 0 Å². The van der Waals surface area contributed by atoms with Gasteiger partial charge in [0.15, 0.2) is 0 Å². The number of rotatable bonds is 5. The van der Waals surface area contributed by atoms with Crippen LogP contribution in [0.3, 0.4) is 0 Å². The molecule has 1 saturated heterocycles. The van der Waals surface area contributed by atoms with Crippen LogP contribution < -0.4 is 4.74 Å². The maximum atomic E-state index is 5.89. The van der Waals surface area contributed by atoms with Crippen molar-refractivity contribution < 1.29 is 9.47 Å². The van der Waals surface area contributed by atoms with Gasteiger partial charge in [-0.25, -0.2) is 9.97 Å². The van der Waals surface area contributed by atoms with Crippen LogP contribution in [-0.4, -0.2) is 54.3 Å². The van der Waals surface area contributed by atoms with E-state index in [0.717, 1.165) is 43.0 Å². The molecule has 5 nitrogen and oxygen atoms in total. The summed E-state index contributed by atoms with van der Waals surface area (Å²) in [6.45, 7) is 5.62. The Kier molecular flexibility index (Phi) is 4.91. The molecule has 1 aliphatic heterocycles. The fraction of sp³-hybridized carbons (Fsp3) is 0.667. The van der Waals surface area contributed by atoms with E-state index in [1.54, 1.807) is 13.3 Å². The van der Waals surface area contributed by atoms with Gasteiger partial charge in [0.05, 0.1) is 12.8 Å². The lowest BCUT2D eigenvalue weighted by Gasteiger charge is -2.16. The molecule has 18 heavy (non-hydrogen) atoms. The van der Waals surface area contributed by atoms with Gasteiger partial charge in [0.1, 0.15) is 16.4 Å². The summed E-state index contributed by atoms with van der Waals surface area (Å²) in [5.74, 6) is 0.636. The summed E-state index contributed by atoms with van der Waals surface area (Å²) >= 11 is 3.30. The number of aryl methyl sites for hydroxylation is 1. The van der Waals surface area contributed by atoms with Crippen LogP contribution in [0.2, 0.25) is 0 Å². The first-order chi connectivity index (χ1) is 8.69. The van der Waals surface area contributed by atoms with E-state index in [4.69, 9.17) is 9.47 Å². The van der Waals surface area contributed by atoms with Crippen molar-refractivity contribution in [2.24, 2.45) is 0 Å². The van der Waals surface area contributed by atoms with Gasteiger partial charge in [0.25, 0.3) is 0 Å². The van der Waals surface area contributed by atoms with Crippen LogP contribution >= 0.6 is 15.9 Å². The molecule has 1 aromatic heterocycles. The van der Waals surface area contributed by atoms with Crippen molar-refractivity contribution in [3.8, 4) is 5.88 Å². The molecule has 0 saturated carbocycles. The van der Waals surface area contributed by atoms with Gasteiger partial charge in [-0.15, -0.1) is 0 Å². The summed E-state index contributed by atoms with van der Waals surface area (Å²) in [7, 11) is 1.73. The van der Waals surface area contributed by atoms with Gasteiger partial charge in [-0.2, -0.15) is 0 Å². The van der Waals surface area contributed by atoms with E-state index >= 15 is 0 Å².